The van der Waals surface area contributed by atoms with E-state index in [2.05, 4.69) is 34.1 Å². The van der Waals surface area contributed by atoms with Crippen molar-refractivity contribution in [3.8, 4) is 11.1 Å². The molecule has 0 saturated carbocycles. The highest BCUT2D eigenvalue weighted by molar-refractivity contribution is 7.77. The monoisotopic (exact) mass is 479 g/mol. The van der Waals surface area contributed by atoms with Gasteiger partial charge >= 0.3 is 0 Å². The molecule has 1 saturated heterocycles. The highest BCUT2D eigenvalue weighted by atomic mass is 32.2. The largest absolute Gasteiger partial charge is 0.369 e. The third-order valence-electron chi connectivity index (χ3n) is 5.43. The van der Waals surface area contributed by atoms with Crippen LogP contribution in [0.2, 0.25) is 0 Å². The van der Waals surface area contributed by atoms with E-state index in [4.69, 9.17) is 4.18 Å². The van der Waals surface area contributed by atoms with E-state index < -0.39 is 16.9 Å². The average molecular weight is 480 g/mol. The molecule has 1 aliphatic rings. The summed E-state index contributed by atoms with van der Waals surface area (Å²) < 4.78 is 34.0. The first-order valence-corrected chi connectivity index (χ1v) is 12.4. The van der Waals surface area contributed by atoms with Gasteiger partial charge in [0.2, 0.25) is 11.3 Å². The normalized spacial score (nSPS) is 16.2. The number of hydrogen-bond donors (Lipinski definition) is 0. The van der Waals surface area contributed by atoms with Crippen molar-refractivity contribution in [1.29, 1.82) is 0 Å². The number of pyridine rings is 1. The number of nitrogens with zero attached hydrogens (tertiary/aromatic N) is 3. The van der Waals surface area contributed by atoms with Crippen molar-refractivity contribution >= 4 is 29.1 Å². The Morgan fingerprint density at radius 2 is 1.53 bits per heavy atom. The predicted octanol–water partition coefficient (Wildman–Crippen LogP) is 5.57. The molecule has 0 N–H and O–H groups in total. The predicted molar refractivity (Wildman–Crippen MR) is 138 cm³/mol. The van der Waals surface area contributed by atoms with Gasteiger partial charge < -0.3 is 4.90 Å². The first-order valence-electron chi connectivity index (χ1n) is 11.4. The topological polar surface area (TPSA) is 45.7 Å². The molecule has 1 aromatic heterocycles. The van der Waals surface area contributed by atoms with Crippen molar-refractivity contribution in [2.75, 3.05) is 31.1 Å². The number of aromatic nitrogens is 1. The molecule has 0 spiro atoms. The van der Waals surface area contributed by atoms with Crippen LogP contribution in [-0.2, 0) is 15.4 Å². The number of hydrogen-bond acceptors (Lipinski definition) is 4. The number of rotatable bonds is 6. The second kappa shape index (κ2) is 10.6. The van der Waals surface area contributed by atoms with Crippen LogP contribution in [0, 0.1) is 5.82 Å². The lowest BCUT2D eigenvalue weighted by atomic mass is 10.0. The minimum atomic E-state index is -1.42. The molecule has 2 heterocycles. The van der Waals surface area contributed by atoms with Gasteiger partial charge in [-0.15, -0.1) is 0 Å². The summed E-state index contributed by atoms with van der Waals surface area (Å²) in [6.07, 6.45) is 7.32. The van der Waals surface area contributed by atoms with Crippen LogP contribution in [0.25, 0.3) is 23.3 Å². The van der Waals surface area contributed by atoms with E-state index in [1.807, 2.05) is 55.4 Å². The minimum absolute atomic E-state index is 0.266. The summed E-state index contributed by atoms with van der Waals surface area (Å²) in [7, 11) is 0. The van der Waals surface area contributed by atoms with Crippen molar-refractivity contribution in [3.63, 3.8) is 0 Å². The fourth-order valence-corrected chi connectivity index (χ4v) is 4.76. The molecule has 2 aromatic carbocycles. The first kappa shape index (κ1) is 24.3. The second-order valence-electron chi connectivity index (χ2n) is 9.26. The lowest BCUT2D eigenvalue weighted by molar-refractivity contribution is 0.137. The Morgan fingerprint density at radius 3 is 2.18 bits per heavy atom. The molecule has 0 radical (unpaired) electrons. The third-order valence-corrected chi connectivity index (χ3v) is 6.86. The van der Waals surface area contributed by atoms with E-state index in [1.165, 1.54) is 12.1 Å². The number of anilines is 1. The maximum atomic E-state index is 14.2. The molecule has 0 bridgehead atoms. The first-order chi connectivity index (χ1) is 16.3. The third kappa shape index (κ3) is 6.59. The van der Waals surface area contributed by atoms with E-state index in [-0.39, 0.29) is 5.82 Å². The van der Waals surface area contributed by atoms with Gasteiger partial charge in [-0.1, -0.05) is 24.3 Å². The Balaban J connectivity index is 1.38. The summed E-state index contributed by atoms with van der Waals surface area (Å²) in [6, 6.07) is 17.1. The molecular weight excluding hydrogens is 449 g/mol. The molecule has 34 heavy (non-hydrogen) atoms. The fourth-order valence-electron chi connectivity index (χ4n) is 3.77. The SMILES string of the molecule is CC(C)(C)OS(=O)N1CCN(c2ccc(/C=C/c3cc(F)cc(-c4ccncc4)c3)cc2)CC1. The molecule has 178 valence electrons. The highest BCUT2D eigenvalue weighted by Crippen LogP contribution is 2.24. The Hall–Kier alpha value is -2.87. The number of piperazine rings is 1. The number of benzene rings is 2. The van der Waals surface area contributed by atoms with Crippen LogP contribution in [0.1, 0.15) is 31.9 Å². The minimum Gasteiger partial charge on any atom is -0.369 e. The molecule has 1 unspecified atom stereocenters. The van der Waals surface area contributed by atoms with Crippen LogP contribution in [0.3, 0.4) is 0 Å². The molecule has 5 nitrogen and oxygen atoms in total. The standard InChI is InChI=1S/C27H30FN3O2S/c1-27(2,3)33-34(32)31-16-14-30(15-17-31)26-8-6-21(7-9-26)4-5-22-18-24(20-25(28)19-22)23-10-12-29-13-11-23/h4-13,18-20H,14-17H2,1-3H3/b5-4+. The molecule has 0 amide bonds. The van der Waals surface area contributed by atoms with E-state index in [0.717, 1.165) is 41.0 Å². The molecule has 0 aliphatic carbocycles. The second-order valence-corrected chi connectivity index (χ2v) is 10.4. The summed E-state index contributed by atoms with van der Waals surface area (Å²) in [5.41, 5.74) is 4.30. The van der Waals surface area contributed by atoms with Crippen molar-refractivity contribution in [2.45, 2.75) is 26.4 Å². The molecule has 1 aliphatic heterocycles. The van der Waals surface area contributed by atoms with Crippen LogP contribution in [0.15, 0.2) is 67.0 Å². The van der Waals surface area contributed by atoms with Crippen LogP contribution in [-0.4, -0.2) is 45.3 Å². The van der Waals surface area contributed by atoms with Crippen molar-refractivity contribution in [3.05, 3.63) is 83.9 Å². The van der Waals surface area contributed by atoms with Gasteiger partial charge in [0, 0.05) is 44.3 Å². The Morgan fingerprint density at radius 1 is 0.882 bits per heavy atom. The van der Waals surface area contributed by atoms with Gasteiger partial charge in [-0.2, -0.15) is 4.31 Å². The van der Waals surface area contributed by atoms with Crippen LogP contribution < -0.4 is 4.90 Å². The van der Waals surface area contributed by atoms with Crippen molar-refractivity contribution in [2.24, 2.45) is 0 Å². The number of halogens is 1. The van der Waals surface area contributed by atoms with Gasteiger partial charge in [0.05, 0.1) is 5.60 Å². The molecular formula is C27H30FN3O2S. The quantitative estimate of drug-likeness (QED) is 0.434. The molecule has 4 rings (SSSR count). The zero-order valence-corrected chi connectivity index (χ0v) is 20.6. The average Bonchev–Trinajstić information content (AvgIpc) is 2.82. The van der Waals surface area contributed by atoms with E-state index >= 15 is 0 Å². The van der Waals surface area contributed by atoms with Crippen LogP contribution in [0.5, 0.6) is 0 Å². The fraction of sp³-hybridized carbons (Fsp3) is 0.296. The summed E-state index contributed by atoms with van der Waals surface area (Å²) in [4.78, 5) is 6.31. The van der Waals surface area contributed by atoms with Crippen LogP contribution in [0.4, 0.5) is 10.1 Å². The van der Waals surface area contributed by atoms with Crippen molar-refractivity contribution in [1.82, 2.24) is 9.29 Å². The smallest absolute Gasteiger partial charge is 0.237 e. The molecule has 7 heteroatoms. The molecule has 3 aromatic rings. The van der Waals surface area contributed by atoms with Crippen molar-refractivity contribution < 1.29 is 12.8 Å². The van der Waals surface area contributed by atoms with Gasteiger partial charge in [0.1, 0.15) is 5.82 Å². The van der Waals surface area contributed by atoms with Gasteiger partial charge in [-0.25, -0.2) is 8.60 Å². The van der Waals surface area contributed by atoms with Gasteiger partial charge in [0.25, 0.3) is 0 Å². The van der Waals surface area contributed by atoms with Gasteiger partial charge in [-0.3, -0.25) is 9.17 Å². The lowest BCUT2D eigenvalue weighted by Crippen LogP contribution is -2.48. The summed E-state index contributed by atoms with van der Waals surface area (Å²) >= 11 is -1.42. The molecule has 1 fully saturated rings. The Kier molecular flexibility index (Phi) is 7.56. The zero-order chi connectivity index (χ0) is 24.1. The summed E-state index contributed by atoms with van der Waals surface area (Å²) in [6.45, 7) is 8.67. The summed E-state index contributed by atoms with van der Waals surface area (Å²) in [5, 5.41) is 0. The van der Waals surface area contributed by atoms with Gasteiger partial charge in [0.15, 0.2) is 0 Å². The highest BCUT2D eigenvalue weighted by Gasteiger charge is 2.25. The van der Waals surface area contributed by atoms with E-state index in [0.29, 0.717) is 13.1 Å². The van der Waals surface area contributed by atoms with Crippen LogP contribution >= 0.6 is 0 Å². The van der Waals surface area contributed by atoms with E-state index in [1.54, 1.807) is 12.4 Å². The maximum Gasteiger partial charge on any atom is 0.237 e. The van der Waals surface area contributed by atoms with Gasteiger partial charge in [-0.05, 0) is 85.5 Å². The van der Waals surface area contributed by atoms with E-state index in [9.17, 15) is 8.60 Å². The Bertz CT molecular complexity index is 1150. The lowest BCUT2D eigenvalue weighted by Gasteiger charge is -2.35. The zero-order valence-electron chi connectivity index (χ0n) is 19.8. The maximum absolute atomic E-state index is 14.2. The Labute approximate surface area is 203 Å². The summed E-state index contributed by atoms with van der Waals surface area (Å²) in [5.74, 6) is -0.266. The molecule has 1 atom stereocenters.